The molecule has 1 rings (SSSR count). The Morgan fingerprint density at radius 3 is 2.75 bits per heavy atom. The molecule has 88 valence electrons. The van der Waals surface area contributed by atoms with E-state index in [9.17, 15) is 13.6 Å². The summed E-state index contributed by atoms with van der Waals surface area (Å²) in [5.74, 6) is -0.511. The van der Waals surface area contributed by atoms with Crippen LogP contribution in [-0.2, 0) is 16.0 Å². The van der Waals surface area contributed by atoms with Crippen molar-refractivity contribution in [2.24, 2.45) is 0 Å². The maximum atomic E-state index is 12.5. The van der Waals surface area contributed by atoms with Gasteiger partial charge in [-0.2, -0.15) is 0 Å². The number of nitrogen functional groups attached to an aromatic ring is 1. The van der Waals surface area contributed by atoms with E-state index < -0.39 is 12.4 Å². The molecule has 0 saturated heterocycles. The van der Waals surface area contributed by atoms with E-state index in [4.69, 9.17) is 5.73 Å². The van der Waals surface area contributed by atoms with Gasteiger partial charge in [0.2, 0.25) is 0 Å². The van der Waals surface area contributed by atoms with Gasteiger partial charge in [-0.1, -0.05) is 0 Å². The lowest BCUT2D eigenvalue weighted by Gasteiger charge is -2.08. The smallest absolute Gasteiger partial charge is 0.311 e. The number of nitrogens with two attached hydrogens (primary N) is 1. The summed E-state index contributed by atoms with van der Waals surface area (Å²) < 4.78 is 29.4. The van der Waals surface area contributed by atoms with E-state index in [2.05, 4.69) is 25.7 Å². The molecule has 4 nitrogen and oxygen atoms in total. The minimum absolute atomic E-state index is 0.0543. The number of rotatable bonds is 3. The van der Waals surface area contributed by atoms with Gasteiger partial charge in [0.25, 0.3) is 6.43 Å². The molecule has 0 amide bonds. The molecule has 0 aliphatic heterocycles. The maximum Gasteiger partial charge on any atom is 0.311 e. The topological polar surface area (TPSA) is 65.2 Å². The SMILES string of the molecule is COC(=O)Cc1cc(N)c(C(F)F)c(Br)n1. The highest BCUT2D eigenvalue weighted by Gasteiger charge is 2.18. The third-order valence-corrected chi connectivity index (χ3v) is 2.47. The molecule has 0 atom stereocenters. The van der Waals surface area contributed by atoms with Crippen LogP contribution < -0.4 is 5.73 Å². The van der Waals surface area contributed by atoms with E-state index in [1.807, 2.05) is 0 Å². The number of aromatic nitrogens is 1. The van der Waals surface area contributed by atoms with Gasteiger partial charge < -0.3 is 10.5 Å². The number of nitrogens with zero attached hydrogens (tertiary/aromatic N) is 1. The number of ether oxygens (including phenoxy) is 1. The van der Waals surface area contributed by atoms with E-state index in [1.165, 1.54) is 13.2 Å². The van der Waals surface area contributed by atoms with Crippen molar-refractivity contribution in [2.75, 3.05) is 12.8 Å². The molecule has 0 saturated carbocycles. The summed E-state index contributed by atoms with van der Waals surface area (Å²) in [6.07, 6.45) is -2.82. The van der Waals surface area contributed by atoms with Gasteiger partial charge in [0, 0.05) is 5.69 Å². The molecule has 0 spiro atoms. The number of pyridine rings is 1. The van der Waals surface area contributed by atoms with Gasteiger partial charge in [-0.15, -0.1) is 0 Å². The zero-order chi connectivity index (χ0) is 12.3. The molecule has 0 radical (unpaired) electrons. The molecule has 1 aromatic rings. The molecule has 0 aromatic carbocycles. The Kier molecular flexibility index (Phi) is 4.17. The van der Waals surface area contributed by atoms with Crippen molar-refractivity contribution in [1.29, 1.82) is 0 Å². The van der Waals surface area contributed by atoms with Crippen molar-refractivity contribution in [1.82, 2.24) is 4.98 Å². The number of esters is 1. The molecule has 0 fully saturated rings. The molecule has 16 heavy (non-hydrogen) atoms. The van der Waals surface area contributed by atoms with Crippen molar-refractivity contribution >= 4 is 27.6 Å². The first kappa shape index (κ1) is 12.8. The van der Waals surface area contributed by atoms with Gasteiger partial charge in [0.05, 0.1) is 24.8 Å². The Balaban J connectivity index is 3.05. The standard InChI is InChI=1S/C9H9BrF2N2O2/c1-16-6(15)3-4-2-5(13)7(9(11)12)8(10)14-4/h2,9H,3H2,1H3,(H2,13,14). The monoisotopic (exact) mass is 294 g/mol. The zero-order valence-electron chi connectivity index (χ0n) is 8.34. The first-order chi connectivity index (χ1) is 7.45. The molecule has 1 aromatic heterocycles. The Morgan fingerprint density at radius 1 is 1.69 bits per heavy atom. The molecule has 0 aliphatic rings. The molecular formula is C9H9BrF2N2O2. The lowest BCUT2D eigenvalue weighted by atomic mass is 10.2. The quantitative estimate of drug-likeness (QED) is 0.685. The highest BCUT2D eigenvalue weighted by Crippen LogP contribution is 2.31. The van der Waals surface area contributed by atoms with Crippen molar-refractivity contribution in [3.05, 3.63) is 21.9 Å². The molecular weight excluding hydrogens is 286 g/mol. The van der Waals surface area contributed by atoms with Crippen LogP contribution in [0, 0.1) is 0 Å². The highest BCUT2D eigenvalue weighted by atomic mass is 79.9. The van der Waals surface area contributed by atoms with Crippen molar-refractivity contribution < 1.29 is 18.3 Å². The van der Waals surface area contributed by atoms with Gasteiger partial charge >= 0.3 is 5.97 Å². The van der Waals surface area contributed by atoms with Gasteiger partial charge in [-0.05, 0) is 22.0 Å². The van der Waals surface area contributed by atoms with Crippen molar-refractivity contribution in [3.63, 3.8) is 0 Å². The van der Waals surface area contributed by atoms with Crippen LogP contribution in [0.5, 0.6) is 0 Å². The number of methoxy groups -OCH3 is 1. The molecule has 0 bridgehead atoms. The summed E-state index contributed by atoms with van der Waals surface area (Å²) in [5, 5.41) is 0. The molecule has 0 unspecified atom stereocenters. The van der Waals surface area contributed by atoms with E-state index in [0.29, 0.717) is 0 Å². The fraction of sp³-hybridized carbons (Fsp3) is 0.333. The van der Waals surface area contributed by atoms with E-state index in [-0.39, 0.29) is 28.0 Å². The number of hydrogen-bond donors (Lipinski definition) is 1. The largest absolute Gasteiger partial charge is 0.469 e. The number of hydrogen-bond acceptors (Lipinski definition) is 4. The first-order valence-corrected chi connectivity index (χ1v) is 5.04. The fourth-order valence-electron chi connectivity index (χ4n) is 1.12. The van der Waals surface area contributed by atoms with Crippen LogP contribution in [0.15, 0.2) is 10.7 Å². The predicted octanol–water partition coefficient (Wildman–Crippen LogP) is 2.08. The third-order valence-electron chi connectivity index (χ3n) is 1.87. The van der Waals surface area contributed by atoms with Gasteiger partial charge in [0.1, 0.15) is 4.60 Å². The number of halogens is 3. The van der Waals surface area contributed by atoms with E-state index in [1.54, 1.807) is 0 Å². The number of carbonyl (C=O) groups excluding carboxylic acids is 1. The normalized spacial score (nSPS) is 10.6. The third kappa shape index (κ3) is 2.88. The van der Waals surface area contributed by atoms with Crippen LogP contribution in [0.4, 0.5) is 14.5 Å². The molecule has 2 N–H and O–H groups in total. The van der Waals surface area contributed by atoms with E-state index in [0.717, 1.165) is 0 Å². The maximum absolute atomic E-state index is 12.5. The van der Waals surface area contributed by atoms with Crippen LogP contribution >= 0.6 is 15.9 Å². The van der Waals surface area contributed by atoms with Crippen molar-refractivity contribution in [3.8, 4) is 0 Å². The molecule has 0 aliphatic carbocycles. The summed E-state index contributed by atoms with van der Waals surface area (Å²) in [7, 11) is 1.23. The number of alkyl halides is 2. The number of carbonyl (C=O) groups is 1. The fourth-order valence-corrected chi connectivity index (χ4v) is 1.75. The Morgan fingerprint density at radius 2 is 2.31 bits per heavy atom. The Bertz CT molecular complexity index is 389. The van der Waals surface area contributed by atoms with Crippen LogP contribution in [0.2, 0.25) is 0 Å². The predicted molar refractivity (Wildman–Crippen MR) is 57.0 cm³/mol. The number of anilines is 1. The molecule has 1 heterocycles. The second-order valence-corrected chi connectivity index (χ2v) is 3.71. The average Bonchev–Trinajstić information content (AvgIpc) is 2.15. The van der Waals surface area contributed by atoms with Crippen LogP contribution in [0.25, 0.3) is 0 Å². The van der Waals surface area contributed by atoms with Crippen LogP contribution in [0.3, 0.4) is 0 Å². The molecule has 7 heteroatoms. The summed E-state index contributed by atoms with van der Waals surface area (Å²) in [4.78, 5) is 14.8. The first-order valence-electron chi connectivity index (χ1n) is 4.25. The summed E-state index contributed by atoms with van der Waals surface area (Å²) in [5.41, 5.74) is 5.25. The lowest BCUT2D eigenvalue weighted by molar-refractivity contribution is -0.139. The van der Waals surface area contributed by atoms with Gasteiger partial charge in [-0.3, -0.25) is 4.79 Å². The minimum Gasteiger partial charge on any atom is -0.469 e. The van der Waals surface area contributed by atoms with Crippen LogP contribution in [-0.4, -0.2) is 18.1 Å². The zero-order valence-corrected chi connectivity index (χ0v) is 9.92. The highest BCUT2D eigenvalue weighted by molar-refractivity contribution is 9.10. The summed E-state index contributed by atoms with van der Waals surface area (Å²) in [6.45, 7) is 0. The van der Waals surface area contributed by atoms with Crippen LogP contribution in [0.1, 0.15) is 17.7 Å². The lowest BCUT2D eigenvalue weighted by Crippen LogP contribution is -2.08. The van der Waals surface area contributed by atoms with Gasteiger partial charge in [0.15, 0.2) is 0 Å². The average molecular weight is 295 g/mol. The Hall–Kier alpha value is -1.24. The minimum atomic E-state index is -2.71. The second-order valence-electron chi connectivity index (χ2n) is 2.96. The second kappa shape index (κ2) is 5.20. The van der Waals surface area contributed by atoms with E-state index >= 15 is 0 Å². The summed E-state index contributed by atoms with van der Waals surface area (Å²) >= 11 is 2.89. The Labute approximate surface area is 98.9 Å². The summed E-state index contributed by atoms with van der Waals surface area (Å²) in [6, 6.07) is 1.24. The van der Waals surface area contributed by atoms with Gasteiger partial charge in [-0.25, -0.2) is 13.8 Å². The van der Waals surface area contributed by atoms with Crippen molar-refractivity contribution in [2.45, 2.75) is 12.8 Å².